The average Bonchev–Trinajstić information content (AvgIpc) is 3.50. The minimum absolute atomic E-state index is 0.0214. The van der Waals surface area contributed by atoms with Crippen LogP contribution < -0.4 is 11.1 Å². The number of thioether (sulfide) groups is 1. The monoisotopic (exact) mass is 419 g/mol. The van der Waals surface area contributed by atoms with Crippen LogP contribution in [0.2, 0.25) is 5.02 Å². The van der Waals surface area contributed by atoms with Gasteiger partial charge in [-0.05, 0) is 48.6 Å². The largest absolute Gasteiger partial charge is 0.366 e. The number of nitro groups is 1. The molecule has 1 fully saturated rings. The quantitative estimate of drug-likeness (QED) is 0.384. The number of hydrogen-bond donors (Lipinski definition) is 2. The fraction of sp³-hybridized carbons (Fsp3) is 0.263. The second kappa shape index (κ2) is 8.62. The SMILES string of the molecule is NC(=O)c1ccc(SCC(=O)NC(c2ccc(Cl)cc2)C2CC2)c([N+](=O)[O-])c1. The van der Waals surface area contributed by atoms with Crippen LogP contribution in [0, 0.1) is 16.0 Å². The Kier molecular flexibility index (Phi) is 6.21. The molecule has 3 N–H and O–H groups in total. The van der Waals surface area contributed by atoms with Gasteiger partial charge in [0.1, 0.15) is 0 Å². The van der Waals surface area contributed by atoms with Gasteiger partial charge in [0, 0.05) is 16.7 Å². The number of hydrogen-bond acceptors (Lipinski definition) is 5. The van der Waals surface area contributed by atoms with E-state index >= 15 is 0 Å². The molecule has 0 aliphatic heterocycles. The van der Waals surface area contributed by atoms with E-state index in [1.54, 1.807) is 12.1 Å². The zero-order valence-corrected chi connectivity index (χ0v) is 16.3. The first-order valence-corrected chi connectivity index (χ1v) is 9.97. The Morgan fingerprint density at radius 2 is 1.93 bits per heavy atom. The molecule has 9 heteroatoms. The lowest BCUT2D eigenvalue weighted by Gasteiger charge is -2.19. The van der Waals surface area contributed by atoms with Gasteiger partial charge >= 0.3 is 0 Å². The summed E-state index contributed by atoms with van der Waals surface area (Å²) < 4.78 is 0. The molecule has 0 radical (unpaired) electrons. The maximum atomic E-state index is 12.5. The Hall–Kier alpha value is -2.58. The molecule has 1 unspecified atom stereocenters. The molecule has 1 atom stereocenters. The van der Waals surface area contributed by atoms with Crippen LogP contribution in [-0.2, 0) is 4.79 Å². The molecule has 0 heterocycles. The van der Waals surface area contributed by atoms with E-state index in [9.17, 15) is 19.7 Å². The van der Waals surface area contributed by atoms with E-state index in [2.05, 4.69) is 5.32 Å². The van der Waals surface area contributed by atoms with Gasteiger partial charge in [0.05, 0.1) is 21.6 Å². The van der Waals surface area contributed by atoms with E-state index in [0.29, 0.717) is 15.8 Å². The van der Waals surface area contributed by atoms with Crippen molar-refractivity contribution >= 4 is 40.9 Å². The van der Waals surface area contributed by atoms with Crippen molar-refractivity contribution in [3.05, 3.63) is 68.7 Å². The molecule has 3 rings (SSSR count). The summed E-state index contributed by atoms with van der Waals surface area (Å²) in [5.41, 5.74) is 5.96. The Balaban J connectivity index is 1.67. The van der Waals surface area contributed by atoms with Gasteiger partial charge in [-0.15, -0.1) is 11.8 Å². The zero-order chi connectivity index (χ0) is 20.3. The Morgan fingerprint density at radius 3 is 2.50 bits per heavy atom. The van der Waals surface area contributed by atoms with Gasteiger partial charge in [-0.3, -0.25) is 19.7 Å². The van der Waals surface area contributed by atoms with Crippen molar-refractivity contribution in [1.82, 2.24) is 5.32 Å². The standard InChI is InChI=1S/C19H18ClN3O4S/c20-14-6-3-12(4-7-14)18(11-1-2-11)22-17(24)10-28-16-8-5-13(19(21)25)9-15(16)23(26)27/h3-9,11,18H,1-2,10H2,(H2,21,25)(H,22,24). The third-order valence-corrected chi connectivity index (χ3v) is 5.75. The smallest absolute Gasteiger partial charge is 0.283 e. The minimum Gasteiger partial charge on any atom is -0.366 e. The predicted molar refractivity (Wildman–Crippen MR) is 107 cm³/mol. The van der Waals surface area contributed by atoms with Crippen LogP contribution in [0.25, 0.3) is 0 Å². The molecule has 2 amide bonds. The topological polar surface area (TPSA) is 115 Å². The highest BCUT2D eigenvalue weighted by atomic mass is 35.5. The van der Waals surface area contributed by atoms with Gasteiger partial charge in [0.2, 0.25) is 11.8 Å². The summed E-state index contributed by atoms with van der Waals surface area (Å²) in [6.07, 6.45) is 2.08. The molecule has 1 saturated carbocycles. The summed E-state index contributed by atoms with van der Waals surface area (Å²) >= 11 is 6.98. The number of benzene rings is 2. The lowest BCUT2D eigenvalue weighted by Crippen LogP contribution is -2.31. The maximum absolute atomic E-state index is 12.5. The van der Waals surface area contributed by atoms with Crippen LogP contribution in [0.15, 0.2) is 47.4 Å². The Bertz CT molecular complexity index is 916. The van der Waals surface area contributed by atoms with E-state index in [0.717, 1.165) is 36.2 Å². The predicted octanol–water partition coefficient (Wildman–Crippen LogP) is 3.71. The third-order valence-electron chi connectivity index (χ3n) is 4.44. The van der Waals surface area contributed by atoms with E-state index in [4.69, 9.17) is 17.3 Å². The fourth-order valence-corrected chi connectivity index (χ4v) is 3.81. The molecule has 0 bridgehead atoms. The number of rotatable bonds is 8. The summed E-state index contributed by atoms with van der Waals surface area (Å²) in [7, 11) is 0. The first kappa shape index (κ1) is 20.2. The second-order valence-corrected chi connectivity index (χ2v) is 7.98. The summed E-state index contributed by atoms with van der Waals surface area (Å²) in [6, 6.07) is 11.2. The van der Waals surface area contributed by atoms with Crippen molar-refractivity contribution < 1.29 is 14.5 Å². The van der Waals surface area contributed by atoms with E-state index < -0.39 is 10.8 Å². The van der Waals surface area contributed by atoms with E-state index in [1.807, 2.05) is 12.1 Å². The van der Waals surface area contributed by atoms with Crippen LogP contribution in [-0.4, -0.2) is 22.5 Å². The molecule has 0 saturated heterocycles. The molecule has 2 aromatic carbocycles. The number of carbonyl (C=O) groups is 2. The summed E-state index contributed by atoms with van der Waals surface area (Å²) in [6.45, 7) is 0. The van der Waals surface area contributed by atoms with Gasteiger partial charge in [-0.1, -0.05) is 23.7 Å². The van der Waals surface area contributed by atoms with Gasteiger partial charge < -0.3 is 11.1 Å². The fourth-order valence-electron chi connectivity index (χ4n) is 2.87. The van der Waals surface area contributed by atoms with Crippen LogP contribution >= 0.6 is 23.4 Å². The first-order chi connectivity index (χ1) is 13.3. The van der Waals surface area contributed by atoms with Crippen LogP contribution in [0.3, 0.4) is 0 Å². The van der Waals surface area contributed by atoms with Gasteiger partial charge in [0.25, 0.3) is 5.69 Å². The number of primary amides is 1. The molecule has 7 nitrogen and oxygen atoms in total. The summed E-state index contributed by atoms with van der Waals surface area (Å²) in [4.78, 5) is 34.6. The minimum atomic E-state index is -0.743. The van der Waals surface area contributed by atoms with Crippen molar-refractivity contribution in [1.29, 1.82) is 0 Å². The first-order valence-electron chi connectivity index (χ1n) is 8.61. The highest BCUT2D eigenvalue weighted by Crippen LogP contribution is 2.41. The second-order valence-electron chi connectivity index (χ2n) is 6.53. The number of carbonyl (C=O) groups excluding carboxylic acids is 2. The van der Waals surface area contributed by atoms with Crippen molar-refractivity contribution in [3.63, 3.8) is 0 Å². The molecule has 0 spiro atoms. The molecular formula is C19H18ClN3O4S. The molecule has 2 aromatic rings. The third kappa shape index (κ3) is 5.02. The zero-order valence-electron chi connectivity index (χ0n) is 14.8. The van der Waals surface area contributed by atoms with Gasteiger partial charge in [-0.25, -0.2) is 0 Å². The lowest BCUT2D eigenvalue weighted by molar-refractivity contribution is -0.387. The number of halogens is 1. The lowest BCUT2D eigenvalue weighted by atomic mass is 10.0. The van der Waals surface area contributed by atoms with Crippen LogP contribution in [0.1, 0.15) is 34.8 Å². The molecule has 28 heavy (non-hydrogen) atoms. The number of nitro benzene ring substituents is 1. The molecule has 146 valence electrons. The van der Waals surface area contributed by atoms with Gasteiger partial charge in [0.15, 0.2) is 0 Å². The molecule has 0 aromatic heterocycles. The van der Waals surface area contributed by atoms with E-state index in [1.165, 1.54) is 12.1 Å². The molecule has 1 aliphatic rings. The van der Waals surface area contributed by atoms with Crippen molar-refractivity contribution in [3.8, 4) is 0 Å². The molecular weight excluding hydrogens is 402 g/mol. The normalized spacial score (nSPS) is 14.3. The Labute approximate surface area is 170 Å². The highest BCUT2D eigenvalue weighted by Gasteiger charge is 2.33. The summed E-state index contributed by atoms with van der Waals surface area (Å²) in [5, 5.41) is 14.9. The number of nitrogens with two attached hydrogens (primary N) is 1. The van der Waals surface area contributed by atoms with Crippen LogP contribution in [0.5, 0.6) is 0 Å². The maximum Gasteiger partial charge on any atom is 0.283 e. The number of nitrogens with one attached hydrogen (secondary N) is 1. The summed E-state index contributed by atoms with van der Waals surface area (Å²) in [5.74, 6) is -0.551. The van der Waals surface area contributed by atoms with Crippen LogP contribution in [0.4, 0.5) is 5.69 Å². The van der Waals surface area contributed by atoms with E-state index in [-0.39, 0.29) is 29.0 Å². The van der Waals surface area contributed by atoms with Gasteiger partial charge in [-0.2, -0.15) is 0 Å². The Morgan fingerprint density at radius 1 is 1.25 bits per heavy atom. The molecule has 1 aliphatic carbocycles. The van der Waals surface area contributed by atoms with Crippen molar-refractivity contribution in [2.45, 2.75) is 23.8 Å². The highest BCUT2D eigenvalue weighted by molar-refractivity contribution is 8.00. The van der Waals surface area contributed by atoms with Crippen molar-refractivity contribution in [2.24, 2.45) is 11.7 Å². The van der Waals surface area contributed by atoms with Crippen molar-refractivity contribution in [2.75, 3.05) is 5.75 Å². The average molecular weight is 420 g/mol. The number of nitrogens with zero attached hydrogens (tertiary/aromatic N) is 1. The number of amides is 2.